The summed E-state index contributed by atoms with van der Waals surface area (Å²) in [7, 11) is 0. The highest BCUT2D eigenvalue weighted by Gasteiger charge is 2.41. The van der Waals surface area contributed by atoms with Crippen LogP contribution in [0.2, 0.25) is 0 Å². The third-order valence-corrected chi connectivity index (χ3v) is 3.56. The van der Waals surface area contributed by atoms with Crippen molar-refractivity contribution < 1.29 is 9.53 Å². The van der Waals surface area contributed by atoms with Gasteiger partial charge in [0.1, 0.15) is 5.54 Å². The number of hydrogen-bond donors (Lipinski definition) is 2. The molecule has 0 bridgehead atoms. The van der Waals surface area contributed by atoms with Crippen molar-refractivity contribution in [3.8, 4) is 0 Å². The molecule has 4 nitrogen and oxygen atoms in total. The number of nitrogens with one attached hydrogen (secondary N) is 1. The molecule has 1 rings (SSSR count). The molecule has 1 fully saturated rings. The topological polar surface area (TPSA) is 64.3 Å². The number of carbonyl (C=O) groups is 1. The highest BCUT2D eigenvalue weighted by molar-refractivity contribution is 5.84. The molecule has 0 radical (unpaired) electrons. The van der Waals surface area contributed by atoms with Gasteiger partial charge < -0.3 is 15.8 Å². The second-order valence-electron chi connectivity index (χ2n) is 5.82. The van der Waals surface area contributed by atoms with Gasteiger partial charge in [0, 0.05) is 13.0 Å². The second kappa shape index (κ2) is 7.10. The van der Waals surface area contributed by atoms with Gasteiger partial charge in [-0.3, -0.25) is 4.79 Å². The largest absolute Gasteiger partial charge is 0.378 e. The molecule has 1 amide bonds. The lowest BCUT2D eigenvalue weighted by Crippen LogP contribution is -2.59. The maximum atomic E-state index is 11.8. The zero-order valence-electron chi connectivity index (χ0n) is 12.0. The first-order valence-electron chi connectivity index (χ1n) is 7.16. The minimum atomic E-state index is -0.546. The van der Waals surface area contributed by atoms with Crippen molar-refractivity contribution in [2.24, 2.45) is 11.7 Å². The van der Waals surface area contributed by atoms with Crippen molar-refractivity contribution >= 4 is 5.91 Å². The fourth-order valence-corrected chi connectivity index (χ4v) is 2.53. The van der Waals surface area contributed by atoms with E-state index in [1.807, 2.05) is 0 Å². The molecule has 2 unspecified atom stereocenters. The Morgan fingerprint density at radius 2 is 2.28 bits per heavy atom. The van der Waals surface area contributed by atoms with Crippen LogP contribution in [0.5, 0.6) is 0 Å². The molecule has 4 heteroatoms. The van der Waals surface area contributed by atoms with E-state index >= 15 is 0 Å². The van der Waals surface area contributed by atoms with Crippen LogP contribution in [0.4, 0.5) is 0 Å². The van der Waals surface area contributed by atoms with Crippen LogP contribution in [0, 0.1) is 5.92 Å². The van der Waals surface area contributed by atoms with Gasteiger partial charge in [-0.1, -0.05) is 20.8 Å². The minimum Gasteiger partial charge on any atom is -0.378 e. The van der Waals surface area contributed by atoms with Crippen molar-refractivity contribution in [3.63, 3.8) is 0 Å². The van der Waals surface area contributed by atoms with Crippen LogP contribution >= 0.6 is 0 Å². The summed E-state index contributed by atoms with van der Waals surface area (Å²) in [6.07, 6.45) is 4.77. The van der Waals surface area contributed by atoms with Crippen molar-refractivity contribution in [3.05, 3.63) is 0 Å². The maximum Gasteiger partial charge on any atom is 0.237 e. The second-order valence-corrected chi connectivity index (χ2v) is 5.82. The average Bonchev–Trinajstić information content (AvgIpc) is 2.34. The number of amides is 1. The Morgan fingerprint density at radius 1 is 1.56 bits per heavy atom. The molecule has 0 aromatic rings. The molecule has 0 aromatic heterocycles. The van der Waals surface area contributed by atoms with Gasteiger partial charge in [0.05, 0.1) is 6.10 Å². The quantitative estimate of drug-likeness (QED) is 0.730. The molecular weight excluding hydrogens is 228 g/mol. The van der Waals surface area contributed by atoms with Crippen molar-refractivity contribution in [1.82, 2.24) is 5.32 Å². The summed E-state index contributed by atoms with van der Waals surface area (Å²) in [4.78, 5) is 11.8. The van der Waals surface area contributed by atoms with Gasteiger partial charge in [-0.05, 0) is 38.1 Å². The molecule has 3 N–H and O–H groups in total. The SMILES string of the molecule is CCCNC1(C(N)=O)CCCC(OCC(C)C)C1. The normalized spacial score (nSPS) is 28.6. The molecule has 0 saturated heterocycles. The fourth-order valence-electron chi connectivity index (χ4n) is 2.53. The summed E-state index contributed by atoms with van der Waals surface area (Å²) in [5.41, 5.74) is 5.06. The van der Waals surface area contributed by atoms with Crippen LogP contribution in [0.25, 0.3) is 0 Å². The first kappa shape index (κ1) is 15.4. The molecule has 2 atom stereocenters. The van der Waals surface area contributed by atoms with Gasteiger partial charge in [-0.2, -0.15) is 0 Å². The Kier molecular flexibility index (Phi) is 6.09. The summed E-state index contributed by atoms with van der Waals surface area (Å²) in [6.45, 7) is 7.96. The predicted molar refractivity (Wildman–Crippen MR) is 73.3 cm³/mol. The van der Waals surface area contributed by atoms with Gasteiger partial charge >= 0.3 is 0 Å². The number of carbonyl (C=O) groups excluding carboxylic acids is 1. The van der Waals surface area contributed by atoms with E-state index in [0.717, 1.165) is 45.3 Å². The monoisotopic (exact) mass is 256 g/mol. The van der Waals surface area contributed by atoms with Gasteiger partial charge in [-0.15, -0.1) is 0 Å². The molecule has 0 spiro atoms. The number of nitrogens with two attached hydrogens (primary N) is 1. The first-order valence-corrected chi connectivity index (χ1v) is 7.16. The molecule has 0 aromatic carbocycles. The van der Waals surface area contributed by atoms with Gasteiger partial charge in [0.25, 0.3) is 0 Å². The van der Waals surface area contributed by atoms with Gasteiger partial charge in [-0.25, -0.2) is 0 Å². The fraction of sp³-hybridized carbons (Fsp3) is 0.929. The van der Waals surface area contributed by atoms with E-state index in [4.69, 9.17) is 10.5 Å². The number of primary amides is 1. The lowest BCUT2D eigenvalue weighted by Gasteiger charge is -2.39. The Hall–Kier alpha value is -0.610. The van der Waals surface area contributed by atoms with E-state index in [2.05, 4.69) is 26.1 Å². The van der Waals surface area contributed by atoms with E-state index < -0.39 is 5.54 Å². The highest BCUT2D eigenvalue weighted by Crippen LogP contribution is 2.30. The summed E-state index contributed by atoms with van der Waals surface area (Å²) in [5, 5.41) is 3.35. The molecule has 106 valence electrons. The summed E-state index contributed by atoms with van der Waals surface area (Å²) in [5.74, 6) is 0.298. The Morgan fingerprint density at radius 3 is 2.83 bits per heavy atom. The van der Waals surface area contributed by atoms with Gasteiger partial charge in [0.15, 0.2) is 0 Å². The molecule has 0 aliphatic heterocycles. The van der Waals surface area contributed by atoms with Crippen molar-refractivity contribution in [1.29, 1.82) is 0 Å². The van der Waals surface area contributed by atoms with Crippen LogP contribution in [-0.2, 0) is 9.53 Å². The van der Waals surface area contributed by atoms with E-state index in [-0.39, 0.29) is 12.0 Å². The van der Waals surface area contributed by atoms with Crippen molar-refractivity contribution in [2.45, 2.75) is 64.5 Å². The molecule has 1 saturated carbocycles. The van der Waals surface area contributed by atoms with E-state index in [9.17, 15) is 4.79 Å². The van der Waals surface area contributed by atoms with Crippen molar-refractivity contribution in [2.75, 3.05) is 13.2 Å². The Labute approximate surface area is 111 Å². The minimum absolute atomic E-state index is 0.165. The third kappa shape index (κ3) is 4.25. The predicted octanol–water partition coefficient (Wildman–Crippen LogP) is 1.83. The molecule has 18 heavy (non-hydrogen) atoms. The van der Waals surface area contributed by atoms with Crippen LogP contribution in [0.3, 0.4) is 0 Å². The third-order valence-electron chi connectivity index (χ3n) is 3.56. The molecule has 1 aliphatic carbocycles. The lowest BCUT2D eigenvalue weighted by atomic mass is 9.79. The Balaban J connectivity index is 2.58. The smallest absolute Gasteiger partial charge is 0.237 e. The molecule has 1 aliphatic rings. The Bertz CT molecular complexity index is 269. The number of ether oxygens (including phenoxy) is 1. The van der Waals surface area contributed by atoms with Crippen LogP contribution < -0.4 is 11.1 Å². The summed E-state index contributed by atoms with van der Waals surface area (Å²) < 4.78 is 5.88. The standard InChI is InChI=1S/C14H28N2O2/c1-4-8-16-14(13(15)17)7-5-6-12(9-14)18-10-11(2)3/h11-12,16H,4-10H2,1-3H3,(H2,15,17). The average molecular weight is 256 g/mol. The first-order chi connectivity index (χ1) is 8.50. The zero-order chi connectivity index (χ0) is 13.6. The zero-order valence-corrected chi connectivity index (χ0v) is 12.0. The van der Waals surface area contributed by atoms with E-state index in [1.54, 1.807) is 0 Å². The van der Waals surface area contributed by atoms with Crippen LogP contribution in [0.1, 0.15) is 52.9 Å². The number of hydrogen-bond acceptors (Lipinski definition) is 3. The summed E-state index contributed by atoms with van der Waals surface area (Å²) in [6, 6.07) is 0. The summed E-state index contributed by atoms with van der Waals surface area (Å²) >= 11 is 0. The van der Waals surface area contributed by atoms with Gasteiger partial charge in [0.2, 0.25) is 5.91 Å². The van der Waals surface area contributed by atoms with Crippen LogP contribution in [0.15, 0.2) is 0 Å². The molecular formula is C14H28N2O2. The van der Waals surface area contributed by atoms with E-state index in [0.29, 0.717) is 5.92 Å². The lowest BCUT2D eigenvalue weighted by molar-refractivity contribution is -0.128. The maximum absolute atomic E-state index is 11.8. The number of rotatable bonds is 7. The highest BCUT2D eigenvalue weighted by atomic mass is 16.5. The molecule has 0 heterocycles. The van der Waals surface area contributed by atoms with E-state index in [1.165, 1.54) is 0 Å². The van der Waals surface area contributed by atoms with Crippen LogP contribution in [-0.4, -0.2) is 30.7 Å².